The molecule has 0 spiro atoms. The molecule has 0 aromatic heterocycles. The first kappa shape index (κ1) is 10.7. The highest BCUT2D eigenvalue weighted by Gasteiger charge is 2.24. The van der Waals surface area contributed by atoms with Crippen molar-refractivity contribution in [2.75, 3.05) is 0 Å². The predicted molar refractivity (Wildman–Crippen MR) is 55.7 cm³/mol. The van der Waals surface area contributed by atoms with Crippen LogP contribution in [-0.4, -0.2) is 5.11 Å². The lowest BCUT2D eigenvalue weighted by Gasteiger charge is -2.23. The summed E-state index contributed by atoms with van der Waals surface area (Å²) in [5.74, 6) is 0. The van der Waals surface area contributed by atoms with Crippen LogP contribution in [0.4, 0.5) is 0 Å². The van der Waals surface area contributed by atoms with Gasteiger partial charge in [-0.05, 0) is 31.9 Å². The maximum Gasteiger partial charge on any atom is 0.100 e. The molecule has 0 aliphatic rings. The number of aliphatic hydroxyl groups is 1. The summed E-state index contributed by atoms with van der Waals surface area (Å²) in [7, 11) is 0. The van der Waals surface area contributed by atoms with Crippen LogP contribution in [0.25, 0.3) is 0 Å². The third-order valence-electron chi connectivity index (χ3n) is 2.40. The largest absolute Gasteiger partial charge is 0.384 e. The van der Waals surface area contributed by atoms with Crippen molar-refractivity contribution in [3.8, 4) is 6.07 Å². The van der Waals surface area contributed by atoms with Crippen molar-refractivity contribution < 1.29 is 5.11 Å². The molecule has 2 heteroatoms. The lowest BCUT2D eigenvalue weighted by atomic mass is 9.88. The van der Waals surface area contributed by atoms with Gasteiger partial charge in [0, 0.05) is 0 Å². The van der Waals surface area contributed by atoms with Crippen LogP contribution >= 0.6 is 0 Å². The maximum atomic E-state index is 10.1. The predicted octanol–water partition coefficient (Wildman–Crippen LogP) is 2.42. The molecule has 0 aliphatic carbocycles. The molecular weight excluding hydrogens is 174 g/mol. The van der Waals surface area contributed by atoms with E-state index in [9.17, 15) is 5.11 Å². The minimum atomic E-state index is -1.04. The van der Waals surface area contributed by atoms with Gasteiger partial charge in [-0.1, -0.05) is 23.8 Å². The Hall–Kier alpha value is -1.33. The molecule has 0 radical (unpaired) electrons. The molecule has 1 rings (SSSR count). The van der Waals surface area contributed by atoms with E-state index >= 15 is 0 Å². The van der Waals surface area contributed by atoms with Gasteiger partial charge < -0.3 is 5.11 Å². The van der Waals surface area contributed by atoms with Crippen molar-refractivity contribution in [3.05, 3.63) is 34.9 Å². The Morgan fingerprint density at radius 2 is 2.07 bits per heavy atom. The lowest BCUT2D eigenvalue weighted by molar-refractivity contribution is 0.0617. The first-order valence-corrected chi connectivity index (χ1v) is 4.64. The summed E-state index contributed by atoms with van der Waals surface area (Å²) < 4.78 is 0. The summed E-state index contributed by atoms with van der Waals surface area (Å²) >= 11 is 0. The number of benzene rings is 1. The van der Waals surface area contributed by atoms with Gasteiger partial charge >= 0.3 is 0 Å². The minimum Gasteiger partial charge on any atom is -0.384 e. The first-order chi connectivity index (χ1) is 6.47. The second-order valence-corrected chi connectivity index (χ2v) is 3.93. The number of nitrogens with zero attached hydrogens (tertiary/aromatic N) is 1. The SMILES string of the molecule is Cc1ccc(C)c(C(C)(O)CC#N)c1. The molecule has 0 saturated heterocycles. The van der Waals surface area contributed by atoms with Crippen LogP contribution < -0.4 is 0 Å². The van der Waals surface area contributed by atoms with Crippen molar-refractivity contribution in [2.24, 2.45) is 0 Å². The van der Waals surface area contributed by atoms with Crippen LogP contribution in [0.3, 0.4) is 0 Å². The number of aryl methyl sites for hydroxylation is 2. The Balaban J connectivity index is 3.18. The normalized spacial score (nSPS) is 14.5. The van der Waals surface area contributed by atoms with Crippen molar-refractivity contribution in [3.63, 3.8) is 0 Å². The Kier molecular flexibility index (Phi) is 2.93. The standard InChI is InChI=1S/C12H15NO/c1-9-4-5-10(2)11(8-9)12(3,14)6-7-13/h4-5,8,14H,6H2,1-3H3. The van der Waals surface area contributed by atoms with E-state index in [0.717, 1.165) is 16.7 Å². The highest BCUT2D eigenvalue weighted by Crippen LogP contribution is 2.27. The van der Waals surface area contributed by atoms with Gasteiger partial charge in [-0.3, -0.25) is 0 Å². The molecule has 0 aliphatic heterocycles. The van der Waals surface area contributed by atoms with Gasteiger partial charge in [-0.25, -0.2) is 0 Å². The van der Waals surface area contributed by atoms with E-state index in [4.69, 9.17) is 5.26 Å². The number of hydrogen-bond donors (Lipinski definition) is 1. The zero-order valence-corrected chi connectivity index (χ0v) is 8.83. The average molecular weight is 189 g/mol. The molecule has 0 amide bonds. The molecule has 0 bridgehead atoms. The monoisotopic (exact) mass is 189 g/mol. The number of hydrogen-bond acceptors (Lipinski definition) is 2. The molecule has 1 N–H and O–H groups in total. The number of nitriles is 1. The first-order valence-electron chi connectivity index (χ1n) is 4.64. The zero-order chi connectivity index (χ0) is 10.8. The molecule has 14 heavy (non-hydrogen) atoms. The van der Waals surface area contributed by atoms with Gasteiger partial charge in [0.25, 0.3) is 0 Å². The molecular formula is C12H15NO. The lowest BCUT2D eigenvalue weighted by Crippen LogP contribution is -2.21. The Morgan fingerprint density at radius 3 is 2.64 bits per heavy atom. The molecule has 1 aromatic carbocycles. The topological polar surface area (TPSA) is 44.0 Å². The quantitative estimate of drug-likeness (QED) is 0.776. The smallest absolute Gasteiger partial charge is 0.100 e. The van der Waals surface area contributed by atoms with Crippen LogP contribution in [0.15, 0.2) is 18.2 Å². The van der Waals surface area contributed by atoms with Crippen molar-refractivity contribution >= 4 is 0 Å². The second kappa shape index (κ2) is 3.81. The summed E-state index contributed by atoms with van der Waals surface area (Å²) in [6, 6.07) is 7.91. The Morgan fingerprint density at radius 1 is 1.43 bits per heavy atom. The van der Waals surface area contributed by atoms with E-state index in [1.54, 1.807) is 6.92 Å². The molecule has 2 nitrogen and oxygen atoms in total. The Labute approximate surface area is 84.8 Å². The second-order valence-electron chi connectivity index (χ2n) is 3.93. The van der Waals surface area contributed by atoms with Crippen LogP contribution in [0.2, 0.25) is 0 Å². The third-order valence-corrected chi connectivity index (χ3v) is 2.40. The summed E-state index contributed by atoms with van der Waals surface area (Å²) in [4.78, 5) is 0. The van der Waals surface area contributed by atoms with E-state index in [0.29, 0.717) is 0 Å². The summed E-state index contributed by atoms with van der Waals surface area (Å²) in [6.07, 6.45) is 0.122. The summed E-state index contributed by atoms with van der Waals surface area (Å²) in [6.45, 7) is 5.60. The van der Waals surface area contributed by atoms with Crippen molar-refractivity contribution in [2.45, 2.75) is 32.8 Å². The number of rotatable bonds is 2. The van der Waals surface area contributed by atoms with Crippen molar-refractivity contribution in [1.82, 2.24) is 0 Å². The van der Waals surface area contributed by atoms with E-state index in [2.05, 4.69) is 0 Å². The van der Waals surface area contributed by atoms with Crippen LogP contribution in [0.5, 0.6) is 0 Å². The van der Waals surface area contributed by atoms with E-state index in [1.165, 1.54) is 0 Å². The zero-order valence-electron chi connectivity index (χ0n) is 8.83. The molecule has 74 valence electrons. The van der Waals surface area contributed by atoms with Gasteiger partial charge in [0.1, 0.15) is 5.60 Å². The van der Waals surface area contributed by atoms with Gasteiger partial charge in [0.2, 0.25) is 0 Å². The fourth-order valence-electron chi connectivity index (χ4n) is 1.57. The molecule has 1 unspecified atom stereocenters. The van der Waals surface area contributed by atoms with E-state index in [-0.39, 0.29) is 6.42 Å². The van der Waals surface area contributed by atoms with Gasteiger partial charge in [0.15, 0.2) is 0 Å². The highest BCUT2D eigenvalue weighted by atomic mass is 16.3. The van der Waals surface area contributed by atoms with E-state index < -0.39 is 5.60 Å². The molecule has 1 aromatic rings. The highest BCUT2D eigenvalue weighted by molar-refractivity contribution is 5.35. The van der Waals surface area contributed by atoms with Gasteiger partial charge in [-0.2, -0.15) is 5.26 Å². The van der Waals surface area contributed by atoms with Crippen LogP contribution in [0.1, 0.15) is 30.0 Å². The molecule has 0 heterocycles. The van der Waals surface area contributed by atoms with Gasteiger partial charge in [0.05, 0.1) is 12.5 Å². The van der Waals surface area contributed by atoms with E-state index in [1.807, 2.05) is 38.1 Å². The van der Waals surface area contributed by atoms with Gasteiger partial charge in [-0.15, -0.1) is 0 Å². The fourth-order valence-corrected chi connectivity index (χ4v) is 1.57. The minimum absolute atomic E-state index is 0.122. The summed E-state index contributed by atoms with van der Waals surface area (Å²) in [5.41, 5.74) is 1.93. The fraction of sp³-hybridized carbons (Fsp3) is 0.417. The van der Waals surface area contributed by atoms with Crippen molar-refractivity contribution in [1.29, 1.82) is 5.26 Å². The average Bonchev–Trinajstić information content (AvgIpc) is 2.09. The van der Waals surface area contributed by atoms with Crippen LogP contribution in [0, 0.1) is 25.2 Å². The Bertz CT molecular complexity index is 374. The molecule has 1 atom stereocenters. The molecule has 0 saturated carbocycles. The third kappa shape index (κ3) is 2.12. The maximum absolute atomic E-state index is 10.1. The van der Waals surface area contributed by atoms with Crippen LogP contribution in [-0.2, 0) is 5.60 Å². The molecule has 0 fully saturated rings. The summed E-state index contributed by atoms with van der Waals surface area (Å²) in [5, 5.41) is 18.7.